The normalized spacial score (nSPS) is 10.2. The second kappa shape index (κ2) is 5.71. The lowest BCUT2D eigenvalue weighted by Crippen LogP contribution is -2.09. The fraction of sp³-hybridized carbons (Fsp3) is 0.143. The molecule has 0 fully saturated rings. The van der Waals surface area contributed by atoms with Gasteiger partial charge in [-0.05, 0) is 24.3 Å². The molecule has 2 aromatic rings. The predicted octanol–water partition coefficient (Wildman–Crippen LogP) is 4.10. The number of hydrogen-bond acceptors (Lipinski definition) is 3. The molecule has 4 nitrogen and oxygen atoms in total. The summed E-state index contributed by atoms with van der Waals surface area (Å²) in [5, 5.41) is 10.9. The Kier molecular flexibility index (Phi) is 4.02. The molecular formula is C14H13ClN2O2. The molecule has 0 aromatic heterocycles. The molecule has 0 saturated carbocycles. The number of hydrogen-bond donors (Lipinski definition) is 0. The largest absolute Gasteiger partial charge is 0.345 e. The van der Waals surface area contributed by atoms with Crippen LogP contribution in [0.5, 0.6) is 0 Å². The van der Waals surface area contributed by atoms with Gasteiger partial charge < -0.3 is 4.90 Å². The van der Waals surface area contributed by atoms with Crippen molar-refractivity contribution in [3.05, 3.63) is 64.2 Å². The van der Waals surface area contributed by atoms with E-state index in [4.69, 9.17) is 11.6 Å². The summed E-state index contributed by atoms with van der Waals surface area (Å²) in [6.07, 6.45) is 0. The van der Waals surface area contributed by atoms with Gasteiger partial charge in [0.15, 0.2) is 0 Å². The number of rotatable bonds is 4. The van der Waals surface area contributed by atoms with Crippen LogP contribution in [-0.2, 0) is 5.88 Å². The van der Waals surface area contributed by atoms with Gasteiger partial charge in [0.05, 0.1) is 10.8 Å². The molecule has 98 valence electrons. The van der Waals surface area contributed by atoms with Crippen LogP contribution in [0.2, 0.25) is 0 Å². The van der Waals surface area contributed by atoms with Gasteiger partial charge in [0.1, 0.15) is 0 Å². The maximum absolute atomic E-state index is 10.9. The quantitative estimate of drug-likeness (QED) is 0.480. The lowest BCUT2D eigenvalue weighted by atomic mass is 10.1. The van der Waals surface area contributed by atoms with Crippen LogP contribution in [-0.4, -0.2) is 12.0 Å². The highest BCUT2D eigenvalue weighted by Gasteiger charge is 2.14. The Morgan fingerprint density at radius 3 is 2.42 bits per heavy atom. The summed E-state index contributed by atoms with van der Waals surface area (Å²) in [5.74, 6) is 0.118. The average Bonchev–Trinajstić information content (AvgIpc) is 2.46. The van der Waals surface area contributed by atoms with E-state index in [1.165, 1.54) is 6.07 Å². The third-order valence-electron chi connectivity index (χ3n) is 2.93. The molecule has 0 aliphatic rings. The van der Waals surface area contributed by atoms with E-state index >= 15 is 0 Å². The number of halogens is 1. The number of anilines is 2. The number of nitro benzene ring substituents is 1. The first kappa shape index (κ1) is 13.4. The van der Waals surface area contributed by atoms with Gasteiger partial charge in [0.2, 0.25) is 0 Å². The van der Waals surface area contributed by atoms with E-state index in [0.29, 0.717) is 5.56 Å². The zero-order chi connectivity index (χ0) is 13.8. The average molecular weight is 277 g/mol. The molecule has 0 saturated heterocycles. The first-order chi connectivity index (χ1) is 9.13. The Morgan fingerprint density at radius 2 is 1.84 bits per heavy atom. The van der Waals surface area contributed by atoms with Gasteiger partial charge in [-0.3, -0.25) is 10.1 Å². The Balaban J connectivity index is 2.39. The number of benzene rings is 2. The molecule has 0 amide bonds. The number of nitrogens with zero attached hydrogens (tertiary/aromatic N) is 2. The summed E-state index contributed by atoms with van der Waals surface area (Å²) < 4.78 is 0. The molecule has 0 N–H and O–H groups in total. The molecule has 0 spiro atoms. The summed E-state index contributed by atoms with van der Waals surface area (Å²) in [6.45, 7) is 0. The van der Waals surface area contributed by atoms with E-state index in [9.17, 15) is 10.1 Å². The van der Waals surface area contributed by atoms with Crippen molar-refractivity contribution >= 4 is 28.7 Å². The van der Waals surface area contributed by atoms with Crippen LogP contribution >= 0.6 is 11.6 Å². The van der Waals surface area contributed by atoms with E-state index < -0.39 is 4.92 Å². The van der Waals surface area contributed by atoms with Crippen molar-refractivity contribution in [2.24, 2.45) is 0 Å². The first-order valence-electron chi connectivity index (χ1n) is 5.75. The second-order valence-electron chi connectivity index (χ2n) is 4.10. The smallest absolute Gasteiger partial charge is 0.273 e. The predicted molar refractivity (Wildman–Crippen MR) is 77.2 cm³/mol. The Labute approximate surface area is 116 Å². The van der Waals surface area contributed by atoms with Gasteiger partial charge in [-0.25, -0.2) is 0 Å². The molecule has 19 heavy (non-hydrogen) atoms. The van der Waals surface area contributed by atoms with Gasteiger partial charge in [-0.1, -0.05) is 18.2 Å². The summed E-state index contributed by atoms with van der Waals surface area (Å²) in [5.41, 5.74) is 2.46. The van der Waals surface area contributed by atoms with E-state index in [1.54, 1.807) is 12.1 Å². The summed E-state index contributed by atoms with van der Waals surface area (Å²) in [7, 11) is 1.91. The van der Waals surface area contributed by atoms with Gasteiger partial charge in [-0.2, -0.15) is 0 Å². The molecule has 0 radical (unpaired) electrons. The minimum Gasteiger partial charge on any atom is -0.345 e. The summed E-state index contributed by atoms with van der Waals surface area (Å²) in [6, 6.07) is 14.7. The molecule has 2 rings (SSSR count). The zero-order valence-corrected chi connectivity index (χ0v) is 11.2. The highest BCUT2D eigenvalue weighted by atomic mass is 35.5. The van der Waals surface area contributed by atoms with Crippen LogP contribution in [0.15, 0.2) is 48.5 Å². The van der Waals surface area contributed by atoms with E-state index in [-0.39, 0.29) is 11.6 Å². The summed E-state index contributed by atoms with van der Waals surface area (Å²) >= 11 is 5.78. The SMILES string of the molecule is CN(c1ccccc1)c1ccc([N+](=O)[O-])c(CCl)c1. The molecule has 0 heterocycles. The molecule has 0 unspecified atom stereocenters. The number of alkyl halides is 1. The van der Waals surface area contributed by atoms with Crippen LogP contribution in [0.4, 0.5) is 17.1 Å². The maximum Gasteiger partial charge on any atom is 0.273 e. The Morgan fingerprint density at radius 1 is 1.16 bits per heavy atom. The molecular weight excluding hydrogens is 264 g/mol. The Hall–Kier alpha value is -2.07. The maximum atomic E-state index is 10.9. The monoisotopic (exact) mass is 276 g/mol. The molecule has 5 heteroatoms. The van der Waals surface area contributed by atoms with Crippen LogP contribution in [0, 0.1) is 10.1 Å². The third-order valence-corrected chi connectivity index (χ3v) is 3.22. The van der Waals surface area contributed by atoms with E-state index in [0.717, 1.165) is 11.4 Å². The zero-order valence-electron chi connectivity index (χ0n) is 10.4. The fourth-order valence-corrected chi connectivity index (χ4v) is 2.08. The summed E-state index contributed by atoms with van der Waals surface area (Å²) in [4.78, 5) is 12.4. The lowest BCUT2D eigenvalue weighted by Gasteiger charge is -2.20. The van der Waals surface area contributed by atoms with Crippen molar-refractivity contribution in [2.75, 3.05) is 11.9 Å². The van der Waals surface area contributed by atoms with Crippen LogP contribution in [0.3, 0.4) is 0 Å². The first-order valence-corrected chi connectivity index (χ1v) is 6.29. The minimum atomic E-state index is -0.413. The molecule has 0 aliphatic heterocycles. The van der Waals surface area contributed by atoms with Crippen LogP contribution < -0.4 is 4.90 Å². The van der Waals surface area contributed by atoms with Gasteiger partial charge in [0.25, 0.3) is 5.69 Å². The minimum absolute atomic E-state index is 0.0558. The van der Waals surface area contributed by atoms with Gasteiger partial charge >= 0.3 is 0 Å². The van der Waals surface area contributed by atoms with Gasteiger partial charge in [-0.15, -0.1) is 11.6 Å². The fourth-order valence-electron chi connectivity index (χ4n) is 1.87. The number of nitro groups is 1. The Bertz CT molecular complexity index is 587. The lowest BCUT2D eigenvalue weighted by molar-refractivity contribution is -0.385. The van der Waals surface area contributed by atoms with Gasteiger partial charge in [0, 0.05) is 30.1 Å². The van der Waals surface area contributed by atoms with Crippen molar-refractivity contribution in [3.8, 4) is 0 Å². The van der Waals surface area contributed by atoms with Crippen LogP contribution in [0.1, 0.15) is 5.56 Å². The highest BCUT2D eigenvalue weighted by molar-refractivity contribution is 6.17. The topological polar surface area (TPSA) is 46.4 Å². The van der Waals surface area contributed by atoms with Crippen molar-refractivity contribution in [3.63, 3.8) is 0 Å². The molecule has 0 atom stereocenters. The number of para-hydroxylation sites is 1. The molecule has 0 bridgehead atoms. The van der Waals surface area contributed by atoms with E-state index in [1.807, 2.05) is 42.3 Å². The third kappa shape index (κ3) is 2.85. The van der Waals surface area contributed by atoms with E-state index in [2.05, 4.69) is 0 Å². The molecule has 2 aromatic carbocycles. The second-order valence-corrected chi connectivity index (χ2v) is 4.37. The van der Waals surface area contributed by atoms with Crippen molar-refractivity contribution in [2.45, 2.75) is 5.88 Å². The van der Waals surface area contributed by atoms with Crippen LogP contribution in [0.25, 0.3) is 0 Å². The van der Waals surface area contributed by atoms with Crippen molar-refractivity contribution in [1.29, 1.82) is 0 Å². The molecule has 0 aliphatic carbocycles. The van der Waals surface area contributed by atoms with Crippen molar-refractivity contribution in [1.82, 2.24) is 0 Å². The standard InChI is InChI=1S/C14H13ClN2O2/c1-16(12-5-3-2-4-6-12)13-7-8-14(17(18)19)11(9-13)10-15/h2-9H,10H2,1H3. The highest BCUT2D eigenvalue weighted by Crippen LogP contribution is 2.29. The van der Waals surface area contributed by atoms with Crippen molar-refractivity contribution < 1.29 is 4.92 Å².